The molecule has 0 saturated heterocycles. The number of nitrogens with zero attached hydrogens (tertiary/aromatic N) is 1. The lowest BCUT2D eigenvalue weighted by Crippen LogP contribution is -2.07. The zero-order valence-electron chi connectivity index (χ0n) is 7.88. The van der Waals surface area contributed by atoms with Crippen molar-refractivity contribution in [2.45, 2.75) is 19.8 Å². The van der Waals surface area contributed by atoms with E-state index in [1.54, 1.807) is 12.3 Å². The first-order valence-electron chi connectivity index (χ1n) is 4.49. The fraction of sp³-hybridized carbons (Fsp3) is 0.444. The average Bonchev–Trinajstić information content (AvgIpc) is 2.13. The van der Waals surface area contributed by atoms with Crippen LogP contribution in [0.3, 0.4) is 0 Å². The third kappa shape index (κ3) is 2.50. The molecule has 1 aromatic rings. The molecule has 0 aliphatic heterocycles. The monoisotopic (exact) mass is 180 g/mol. The normalized spacial score (nSPS) is 9.92. The minimum absolute atomic E-state index is 0.540. The number of pyridine rings is 1. The molecule has 0 aromatic carbocycles. The molecule has 0 bridgehead atoms. The fourth-order valence-corrected chi connectivity index (χ4v) is 1.01. The summed E-state index contributed by atoms with van der Waals surface area (Å²) in [6.45, 7) is 3.02. The first-order chi connectivity index (χ1) is 6.25. The van der Waals surface area contributed by atoms with Gasteiger partial charge in [0.2, 0.25) is 0 Å². The largest absolute Gasteiger partial charge is 0.397 e. The van der Waals surface area contributed by atoms with Gasteiger partial charge in [-0.05, 0) is 12.5 Å². The first kappa shape index (κ1) is 9.64. The minimum Gasteiger partial charge on any atom is -0.397 e. The maximum atomic E-state index is 5.71. The molecule has 0 spiro atoms. The van der Waals surface area contributed by atoms with Crippen molar-refractivity contribution < 1.29 is 0 Å². The molecule has 1 heterocycles. The number of anilines is 3. The molecule has 1 rings (SSSR count). The Hall–Kier alpha value is -1.45. The maximum absolute atomic E-state index is 5.71. The highest BCUT2D eigenvalue weighted by molar-refractivity contribution is 5.75. The highest BCUT2D eigenvalue weighted by Gasteiger charge is 2.01. The van der Waals surface area contributed by atoms with Gasteiger partial charge >= 0.3 is 0 Å². The van der Waals surface area contributed by atoms with E-state index in [1.165, 1.54) is 0 Å². The fourth-order valence-electron chi connectivity index (χ4n) is 1.01. The van der Waals surface area contributed by atoms with Gasteiger partial charge in [-0.25, -0.2) is 4.98 Å². The molecule has 1 aromatic heterocycles. The molecule has 0 saturated carbocycles. The highest BCUT2D eigenvalue weighted by atomic mass is 15.0. The van der Waals surface area contributed by atoms with E-state index in [0.29, 0.717) is 17.2 Å². The van der Waals surface area contributed by atoms with Crippen molar-refractivity contribution in [3.05, 3.63) is 12.3 Å². The number of rotatable bonds is 4. The number of nitrogens with one attached hydrogen (secondary N) is 1. The SMILES string of the molecule is CCCCNc1nccc(N)c1N. The van der Waals surface area contributed by atoms with Crippen LogP contribution in [0.1, 0.15) is 19.8 Å². The van der Waals surface area contributed by atoms with Gasteiger partial charge in [0.05, 0.1) is 11.4 Å². The highest BCUT2D eigenvalue weighted by Crippen LogP contribution is 2.21. The third-order valence-electron chi connectivity index (χ3n) is 1.85. The molecule has 0 aliphatic carbocycles. The van der Waals surface area contributed by atoms with E-state index in [2.05, 4.69) is 17.2 Å². The second kappa shape index (κ2) is 4.54. The minimum atomic E-state index is 0.540. The zero-order chi connectivity index (χ0) is 9.68. The molecule has 0 unspecified atom stereocenters. The Balaban J connectivity index is 2.61. The molecule has 0 fully saturated rings. The Kier molecular flexibility index (Phi) is 3.37. The van der Waals surface area contributed by atoms with Crippen molar-refractivity contribution in [1.82, 2.24) is 4.98 Å². The van der Waals surface area contributed by atoms with Gasteiger partial charge in [-0.1, -0.05) is 13.3 Å². The van der Waals surface area contributed by atoms with Crippen LogP contribution in [0.4, 0.5) is 17.2 Å². The van der Waals surface area contributed by atoms with Crippen LogP contribution in [0.25, 0.3) is 0 Å². The summed E-state index contributed by atoms with van der Waals surface area (Å²) in [5.74, 6) is 0.688. The lowest BCUT2D eigenvalue weighted by Gasteiger charge is -2.08. The van der Waals surface area contributed by atoms with Crippen molar-refractivity contribution >= 4 is 17.2 Å². The first-order valence-corrected chi connectivity index (χ1v) is 4.49. The summed E-state index contributed by atoms with van der Waals surface area (Å²) in [6.07, 6.45) is 3.91. The van der Waals surface area contributed by atoms with Crippen molar-refractivity contribution in [3.63, 3.8) is 0 Å². The van der Waals surface area contributed by atoms with Crippen LogP contribution in [0, 0.1) is 0 Å². The standard InChI is InChI=1S/C9H16N4/c1-2-3-5-12-9-8(11)7(10)4-6-13-9/h4,6H,2-3,5,11H2,1H3,(H3,10,12,13). The molecule has 72 valence electrons. The van der Waals surface area contributed by atoms with Crippen LogP contribution in [0.5, 0.6) is 0 Å². The maximum Gasteiger partial charge on any atom is 0.151 e. The number of aromatic nitrogens is 1. The predicted molar refractivity (Wildman–Crippen MR) is 56.5 cm³/mol. The summed E-state index contributed by atoms with van der Waals surface area (Å²) in [5.41, 5.74) is 12.5. The Labute approximate surface area is 78.3 Å². The van der Waals surface area contributed by atoms with Crippen molar-refractivity contribution in [1.29, 1.82) is 0 Å². The Bertz CT molecular complexity index is 272. The summed E-state index contributed by atoms with van der Waals surface area (Å²) in [5, 5.41) is 3.14. The van der Waals surface area contributed by atoms with Crippen LogP contribution in [-0.4, -0.2) is 11.5 Å². The number of nitrogen functional groups attached to an aromatic ring is 2. The zero-order valence-corrected chi connectivity index (χ0v) is 7.88. The van der Waals surface area contributed by atoms with Gasteiger partial charge in [0.15, 0.2) is 5.82 Å². The number of nitrogens with two attached hydrogens (primary N) is 2. The molecule has 0 radical (unpaired) electrons. The molecule has 0 atom stereocenters. The van der Waals surface area contributed by atoms with Crippen LogP contribution in [0.15, 0.2) is 12.3 Å². The van der Waals surface area contributed by atoms with Gasteiger partial charge in [0, 0.05) is 12.7 Å². The van der Waals surface area contributed by atoms with Crippen LogP contribution in [-0.2, 0) is 0 Å². The van der Waals surface area contributed by atoms with Gasteiger partial charge in [-0.2, -0.15) is 0 Å². The number of hydrogen-bond acceptors (Lipinski definition) is 4. The van der Waals surface area contributed by atoms with Gasteiger partial charge in [0.25, 0.3) is 0 Å². The molecule has 13 heavy (non-hydrogen) atoms. The summed E-state index contributed by atoms with van der Waals surface area (Å²) >= 11 is 0. The van der Waals surface area contributed by atoms with Crippen LogP contribution < -0.4 is 16.8 Å². The van der Waals surface area contributed by atoms with Gasteiger partial charge in [-0.15, -0.1) is 0 Å². The Morgan fingerprint density at radius 3 is 2.92 bits per heavy atom. The lowest BCUT2D eigenvalue weighted by atomic mass is 10.3. The van der Waals surface area contributed by atoms with Crippen molar-refractivity contribution in [2.24, 2.45) is 0 Å². The quantitative estimate of drug-likeness (QED) is 0.613. The Morgan fingerprint density at radius 2 is 2.23 bits per heavy atom. The number of unbranched alkanes of at least 4 members (excludes halogenated alkanes) is 1. The average molecular weight is 180 g/mol. The second-order valence-corrected chi connectivity index (χ2v) is 2.94. The smallest absolute Gasteiger partial charge is 0.151 e. The van der Waals surface area contributed by atoms with Crippen LogP contribution >= 0.6 is 0 Å². The Morgan fingerprint density at radius 1 is 1.46 bits per heavy atom. The molecular formula is C9H16N4. The summed E-state index contributed by atoms with van der Waals surface area (Å²) in [7, 11) is 0. The molecule has 0 amide bonds. The van der Waals surface area contributed by atoms with Crippen molar-refractivity contribution in [2.75, 3.05) is 23.3 Å². The summed E-state index contributed by atoms with van der Waals surface area (Å²) in [4.78, 5) is 4.09. The van der Waals surface area contributed by atoms with E-state index in [9.17, 15) is 0 Å². The molecule has 0 aliphatic rings. The second-order valence-electron chi connectivity index (χ2n) is 2.94. The van der Waals surface area contributed by atoms with E-state index in [1.807, 2.05) is 0 Å². The topological polar surface area (TPSA) is 77.0 Å². The lowest BCUT2D eigenvalue weighted by molar-refractivity contribution is 0.831. The van der Waals surface area contributed by atoms with E-state index in [4.69, 9.17) is 11.5 Å². The van der Waals surface area contributed by atoms with E-state index < -0.39 is 0 Å². The third-order valence-corrected chi connectivity index (χ3v) is 1.85. The summed E-state index contributed by atoms with van der Waals surface area (Å²) in [6, 6.07) is 1.69. The van der Waals surface area contributed by atoms with E-state index in [0.717, 1.165) is 19.4 Å². The van der Waals surface area contributed by atoms with Crippen molar-refractivity contribution in [3.8, 4) is 0 Å². The summed E-state index contributed by atoms with van der Waals surface area (Å²) < 4.78 is 0. The molecular weight excluding hydrogens is 164 g/mol. The molecule has 5 N–H and O–H groups in total. The van der Waals surface area contributed by atoms with E-state index in [-0.39, 0.29) is 0 Å². The predicted octanol–water partition coefficient (Wildman–Crippen LogP) is 1.46. The molecule has 4 heteroatoms. The van der Waals surface area contributed by atoms with Crippen LogP contribution in [0.2, 0.25) is 0 Å². The molecule has 4 nitrogen and oxygen atoms in total. The van der Waals surface area contributed by atoms with E-state index >= 15 is 0 Å². The van der Waals surface area contributed by atoms with Gasteiger partial charge in [0.1, 0.15) is 0 Å². The number of hydrogen-bond donors (Lipinski definition) is 3. The van der Waals surface area contributed by atoms with Gasteiger partial charge in [-0.3, -0.25) is 0 Å². The van der Waals surface area contributed by atoms with Gasteiger partial charge < -0.3 is 16.8 Å².